The number of amides is 2. The van der Waals surface area contributed by atoms with Gasteiger partial charge in [-0.05, 0) is 6.92 Å². The standard InChI is InChI=1S/C9H16N4O4S/c1-7-9(15)11-8(14)6-13(7)18(16,17)12-4-2-10-3-5-12/h7,10H,2-6H2,1H3,(H,11,14,15). The summed E-state index contributed by atoms with van der Waals surface area (Å²) in [5, 5.41) is 5.17. The van der Waals surface area contributed by atoms with Crippen molar-refractivity contribution in [2.75, 3.05) is 32.7 Å². The Balaban J connectivity index is 2.22. The summed E-state index contributed by atoms with van der Waals surface area (Å²) in [5.41, 5.74) is 0. The van der Waals surface area contributed by atoms with Gasteiger partial charge in [0.1, 0.15) is 6.04 Å². The minimum Gasteiger partial charge on any atom is -0.314 e. The van der Waals surface area contributed by atoms with Crippen molar-refractivity contribution in [3.8, 4) is 0 Å². The highest BCUT2D eigenvalue weighted by molar-refractivity contribution is 7.86. The minimum absolute atomic E-state index is 0.306. The minimum atomic E-state index is -3.76. The molecule has 1 unspecified atom stereocenters. The van der Waals surface area contributed by atoms with Crippen molar-refractivity contribution in [2.24, 2.45) is 0 Å². The van der Waals surface area contributed by atoms with Gasteiger partial charge < -0.3 is 5.32 Å². The van der Waals surface area contributed by atoms with Crippen molar-refractivity contribution in [3.63, 3.8) is 0 Å². The summed E-state index contributed by atoms with van der Waals surface area (Å²) in [6.45, 7) is 3.01. The summed E-state index contributed by atoms with van der Waals surface area (Å²) >= 11 is 0. The molecule has 0 saturated carbocycles. The monoisotopic (exact) mass is 276 g/mol. The van der Waals surface area contributed by atoms with Gasteiger partial charge in [-0.25, -0.2) is 0 Å². The first-order valence-corrected chi connectivity index (χ1v) is 7.14. The molecule has 8 nitrogen and oxygen atoms in total. The molecule has 2 amide bonds. The van der Waals surface area contributed by atoms with E-state index in [9.17, 15) is 18.0 Å². The number of rotatable bonds is 2. The van der Waals surface area contributed by atoms with Crippen LogP contribution in [0.15, 0.2) is 0 Å². The number of hydrogen-bond acceptors (Lipinski definition) is 5. The van der Waals surface area contributed by atoms with Crippen LogP contribution in [0.5, 0.6) is 0 Å². The SMILES string of the molecule is CC1C(=O)NC(=O)CN1S(=O)(=O)N1CCNCC1. The quantitative estimate of drug-likeness (QED) is 0.543. The zero-order valence-electron chi connectivity index (χ0n) is 10.0. The molecule has 18 heavy (non-hydrogen) atoms. The smallest absolute Gasteiger partial charge is 0.283 e. The van der Waals surface area contributed by atoms with Crippen molar-refractivity contribution in [1.82, 2.24) is 19.2 Å². The van der Waals surface area contributed by atoms with Crippen molar-refractivity contribution in [2.45, 2.75) is 13.0 Å². The predicted octanol–water partition coefficient (Wildman–Crippen LogP) is -2.52. The summed E-state index contributed by atoms with van der Waals surface area (Å²) in [6.07, 6.45) is 0. The zero-order chi connectivity index (χ0) is 13.3. The average Bonchev–Trinajstić information content (AvgIpc) is 2.34. The lowest BCUT2D eigenvalue weighted by Crippen LogP contribution is -2.62. The van der Waals surface area contributed by atoms with Crippen LogP contribution < -0.4 is 10.6 Å². The third-order valence-electron chi connectivity index (χ3n) is 3.07. The maximum absolute atomic E-state index is 12.3. The molecule has 1 atom stereocenters. The van der Waals surface area contributed by atoms with Crippen LogP contribution in [-0.2, 0) is 19.8 Å². The molecule has 2 rings (SSSR count). The van der Waals surface area contributed by atoms with Gasteiger partial charge >= 0.3 is 0 Å². The maximum Gasteiger partial charge on any atom is 0.283 e. The maximum atomic E-state index is 12.3. The molecule has 0 aliphatic carbocycles. The lowest BCUT2D eigenvalue weighted by molar-refractivity contribution is -0.136. The average molecular weight is 276 g/mol. The van der Waals surface area contributed by atoms with E-state index in [0.717, 1.165) is 4.31 Å². The lowest BCUT2D eigenvalue weighted by atomic mass is 10.2. The van der Waals surface area contributed by atoms with Crippen LogP contribution in [0.25, 0.3) is 0 Å². The molecule has 2 fully saturated rings. The van der Waals surface area contributed by atoms with E-state index >= 15 is 0 Å². The van der Waals surface area contributed by atoms with Gasteiger partial charge in [0.05, 0.1) is 6.54 Å². The summed E-state index contributed by atoms with van der Waals surface area (Å²) < 4.78 is 26.9. The highest BCUT2D eigenvalue weighted by Gasteiger charge is 2.41. The molecule has 0 bridgehead atoms. The second-order valence-electron chi connectivity index (χ2n) is 4.29. The molecule has 0 spiro atoms. The van der Waals surface area contributed by atoms with Crippen molar-refractivity contribution >= 4 is 22.0 Å². The van der Waals surface area contributed by atoms with Gasteiger partial charge in [0.15, 0.2) is 0 Å². The molecule has 2 N–H and O–H groups in total. The Labute approximate surface area is 105 Å². The van der Waals surface area contributed by atoms with Crippen LogP contribution in [0, 0.1) is 0 Å². The normalized spacial score (nSPS) is 28.2. The van der Waals surface area contributed by atoms with Crippen LogP contribution in [0.1, 0.15) is 6.92 Å². The molecule has 0 radical (unpaired) electrons. The summed E-state index contributed by atoms with van der Waals surface area (Å²) in [7, 11) is -3.76. The molecule has 0 aromatic heterocycles. The number of imide groups is 1. The van der Waals surface area contributed by atoms with E-state index in [0.29, 0.717) is 26.2 Å². The van der Waals surface area contributed by atoms with E-state index in [4.69, 9.17) is 0 Å². The third kappa shape index (κ3) is 2.39. The number of carbonyl (C=O) groups excluding carboxylic acids is 2. The molecular formula is C9H16N4O4S. The van der Waals surface area contributed by atoms with E-state index in [1.54, 1.807) is 0 Å². The van der Waals surface area contributed by atoms with Gasteiger partial charge in [-0.1, -0.05) is 0 Å². The van der Waals surface area contributed by atoms with Crippen molar-refractivity contribution in [3.05, 3.63) is 0 Å². The molecule has 0 aromatic carbocycles. The van der Waals surface area contributed by atoms with Gasteiger partial charge in [0.2, 0.25) is 11.8 Å². The third-order valence-corrected chi connectivity index (χ3v) is 5.13. The number of carbonyl (C=O) groups is 2. The Morgan fingerprint density at radius 1 is 1.22 bits per heavy atom. The Kier molecular flexibility index (Phi) is 3.66. The molecule has 2 saturated heterocycles. The fraction of sp³-hybridized carbons (Fsp3) is 0.778. The molecule has 102 valence electrons. The van der Waals surface area contributed by atoms with Crippen LogP contribution in [0.4, 0.5) is 0 Å². The molecule has 2 heterocycles. The number of nitrogens with zero attached hydrogens (tertiary/aromatic N) is 2. The summed E-state index contributed by atoms with van der Waals surface area (Å²) in [4.78, 5) is 22.8. The van der Waals surface area contributed by atoms with E-state index in [2.05, 4.69) is 10.6 Å². The largest absolute Gasteiger partial charge is 0.314 e. The van der Waals surface area contributed by atoms with Crippen LogP contribution in [-0.4, -0.2) is 67.6 Å². The Bertz CT molecular complexity index is 457. The molecule has 0 aromatic rings. The first-order chi connectivity index (χ1) is 8.43. The predicted molar refractivity (Wildman–Crippen MR) is 62.7 cm³/mol. The number of hydrogen-bond donors (Lipinski definition) is 2. The van der Waals surface area contributed by atoms with E-state index in [-0.39, 0.29) is 6.54 Å². The molecule has 2 aliphatic heterocycles. The molecule has 2 aliphatic rings. The van der Waals surface area contributed by atoms with Crippen LogP contribution in [0.2, 0.25) is 0 Å². The Hall–Kier alpha value is -1.03. The number of piperazine rings is 2. The highest BCUT2D eigenvalue weighted by Crippen LogP contribution is 2.15. The van der Waals surface area contributed by atoms with E-state index in [1.807, 2.05) is 0 Å². The van der Waals surface area contributed by atoms with Gasteiger partial charge in [-0.15, -0.1) is 0 Å². The van der Waals surface area contributed by atoms with E-state index < -0.39 is 28.1 Å². The van der Waals surface area contributed by atoms with Gasteiger partial charge in [0, 0.05) is 26.2 Å². The fourth-order valence-corrected chi connectivity index (χ4v) is 3.71. The highest BCUT2D eigenvalue weighted by atomic mass is 32.2. The fourth-order valence-electron chi connectivity index (χ4n) is 2.00. The van der Waals surface area contributed by atoms with Gasteiger partial charge in [0.25, 0.3) is 10.2 Å². The lowest BCUT2D eigenvalue weighted by Gasteiger charge is -2.36. The number of nitrogens with one attached hydrogen (secondary N) is 2. The van der Waals surface area contributed by atoms with E-state index in [1.165, 1.54) is 11.2 Å². The van der Waals surface area contributed by atoms with Gasteiger partial charge in [-0.2, -0.15) is 17.0 Å². The second-order valence-corrected chi connectivity index (χ2v) is 6.17. The zero-order valence-corrected chi connectivity index (χ0v) is 10.9. The molecular weight excluding hydrogens is 260 g/mol. The topological polar surface area (TPSA) is 98.8 Å². The second kappa shape index (κ2) is 4.92. The first kappa shape index (κ1) is 13.4. The Morgan fingerprint density at radius 2 is 1.83 bits per heavy atom. The van der Waals surface area contributed by atoms with Crippen LogP contribution in [0.3, 0.4) is 0 Å². The van der Waals surface area contributed by atoms with Crippen molar-refractivity contribution < 1.29 is 18.0 Å². The van der Waals surface area contributed by atoms with Crippen molar-refractivity contribution in [1.29, 1.82) is 0 Å². The van der Waals surface area contributed by atoms with Crippen LogP contribution >= 0.6 is 0 Å². The molecule has 9 heteroatoms. The van der Waals surface area contributed by atoms with Gasteiger partial charge in [-0.3, -0.25) is 14.9 Å². The first-order valence-electron chi connectivity index (χ1n) is 5.74. The summed E-state index contributed by atoms with van der Waals surface area (Å²) in [5.74, 6) is -1.17. The Morgan fingerprint density at radius 3 is 2.44 bits per heavy atom. The summed E-state index contributed by atoms with van der Waals surface area (Å²) in [6, 6.07) is -0.859.